The Balaban J connectivity index is 1.71. The van der Waals surface area contributed by atoms with Gasteiger partial charge in [0, 0.05) is 24.6 Å². The molecule has 1 aromatic carbocycles. The lowest BCUT2D eigenvalue weighted by atomic mass is 10.1. The summed E-state index contributed by atoms with van der Waals surface area (Å²) >= 11 is 0. The highest BCUT2D eigenvalue weighted by Crippen LogP contribution is 2.49. The number of nitrogens with one attached hydrogen (secondary N) is 2. The second-order valence-corrected chi connectivity index (χ2v) is 6.24. The molecule has 1 aliphatic carbocycles. The highest BCUT2D eigenvalue weighted by atomic mass is 16.3. The number of carbonyl (C=O) groups is 1. The van der Waals surface area contributed by atoms with Gasteiger partial charge in [0.15, 0.2) is 11.5 Å². The summed E-state index contributed by atoms with van der Waals surface area (Å²) in [6.07, 6.45) is 1.09. The fourth-order valence-electron chi connectivity index (χ4n) is 2.83. The first-order valence-electron chi connectivity index (χ1n) is 8.01. The molecule has 0 bridgehead atoms. The van der Waals surface area contributed by atoms with E-state index in [4.69, 9.17) is 4.42 Å². The number of benzene rings is 1. The van der Waals surface area contributed by atoms with Crippen molar-refractivity contribution in [1.29, 1.82) is 0 Å². The Labute approximate surface area is 130 Å². The second kappa shape index (κ2) is 5.99. The minimum absolute atomic E-state index is 0.0897. The Bertz CT molecular complexity index is 678. The Morgan fingerprint density at radius 2 is 2.23 bits per heavy atom. The largest absolute Gasteiger partial charge is 0.440 e. The Hall–Kier alpha value is -2.04. The van der Waals surface area contributed by atoms with Crippen LogP contribution in [0.1, 0.15) is 50.5 Å². The number of hydrogen-bond donors (Lipinski definition) is 2. The van der Waals surface area contributed by atoms with E-state index in [9.17, 15) is 4.79 Å². The molecular weight excluding hydrogens is 278 g/mol. The Kier molecular flexibility index (Phi) is 4.05. The van der Waals surface area contributed by atoms with E-state index in [2.05, 4.69) is 35.5 Å². The Morgan fingerprint density at radius 1 is 1.41 bits per heavy atom. The molecule has 1 aliphatic rings. The van der Waals surface area contributed by atoms with E-state index < -0.39 is 0 Å². The Morgan fingerprint density at radius 3 is 2.95 bits per heavy atom. The van der Waals surface area contributed by atoms with Gasteiger partial charge in [-0.05, 0) is 31.2 Å². The molecule has 0 radical (unpaired) electrons. The lowest BCUT2D eigenvalue weighted by molar-refractivity contribution is 0.241. The number of fused-ring (bicyclic) bond motifs is 1. The number of carbonyl (C=O) groups excluding carboxylic acids is 1. The first kappa shape index (κ1) is 14.9. The molecule has 0 unspecified atom stereocenters. The summed E-state index contributed by atoms with van der Waals surface area (Å²) in [5, 5.41) is 5.67. The van der Waals surface area contributed by atoms with Gasteiger partial charge in [-0.25, -0.2) is 9.78 Å². The van der Waals surface area contributed by atoms with Crippen molar-refractivity contribution in [3.63, 3.8) is 0 Å². The summed E-state index contributed by atoms with van der Waals surface area (Å²) in [4.78, 5) is 16.0. The molecule has 1 heterocycles. The third kappa shape index (κ3) is 2.93. The van der Waals surface area contributed by atoms with Gasteiger partial charge in [-0.2, -0.15) is 0 Å². The van der Waals surface area contributed by atoms with Crippen molar-refractivity contribution >= 4 is 17.1 Å². The van der Waals surface area contributed by atoms with E-state index in [0.717, 1.165) is 23.4 Å². The summed E-state index contributed by atoms with van der Waals surface area (Å²) in [5.41, 5.74) is 3.07. The molecule has 0 spiro atoms. The third-order valence-corrected chi connectivity index (χ3v) is 4.14. The van der Waals surface area contributed by atoms with Crippen LogP contribution in [0.4, 0.5) is 4.79 Å². The number of aromatic nitrogens is 1. The normalized spacial score (nSPS) is 20.4. The van der Waals surface area contributed by atoms with Gasteiger partial charge in [0.2, 0.25) is 0 Å². The number of oxazole rings is 1. The van der Waals surface area contributed by atoms with Crippen LogP contribution in [0.15, 0.2) is 22.6 Å². The van der Waals surface area contributed by atoms with Crippen LogP contribution < -0.4 is 10.6 Å². The smallest absolute Gasteiger partial charge is 0.314 e. The van der Waals surface area contributed by atoms with Crippen molar-refractivity contribution in [2.45, 2.75) is 39.0 Å². The summed E-state index contributed by atoms with van der Waals surface area (Å²) in [6.45, 7) is 7.44. The number of urea groups is 1. The highest BCUT2D eigenvalue weighted by Gasteiger charge is 2.40. The van der Waals surface area contributed by atoms with Gasteiger partial charge < -0.3 is 15.1 Å². The van der Waals surface area contributed by atoms with E-state index in [1.165, 1.54) is 5.56 Å². The summed E-state index contributed by atoms with van der Waals surface area (Å²) in [6, 6.07) is 6.07. The molecule has 1 saturated carbocycles. The molecular formula is C17H23N3O2. The first-order valence-corrected chi connectivity index (χ1v) is 8.01. The van der Waals surface area contributed by atoms with Gasteiger partial charge in [-0.1, -0.05) is 26.0 Å². The number of amides is 2. The van der Waals surface area contributed by atoms with E-state index in [-0.39, 0.29) is 11.9 Å². The molecule has 0 aliphatic heterocycles. The van der Waals surface area contributed by atoms with Gasteiger partial charge in [-0.3, -0.25) is 0 Å². The van der Waals surface area contributed by atoms with Gasteiger partial charge in [-0.15, -0.1) is 0 Å². The maximum atomic E-state index is 11.5. The van der Waals surface area contributed by atoms with Crippen LogP contribution in [-0.4, -0.2) is 24.1 Å². The topological polar surface area (TPSA) is 67.2 Å². The monoisotopic (exact) mass is 301 g/mol. The van der Waals surface area contributed by atoms with Crippen LogP contribution in [0.25, 0.3) is 11.1 Å². The fraction of sp³-hybridized carbons (Fsp3) is 0.529. The molecule has 118 valence electrons. The van der Waals surface area contributed by atoms with Crippen LogP contribution in [-0.2, 0) is 0 Å². The minimum Gasteiger partial charge on any atom is -0.440 e. The maximum Gasteiger partial charge on any atom is 0.314 e. The van der Waals surface area contributed by atoms with Gasteiger partial charge in [0.05, 0.1) is 0 Å². The lowest BCUT2D eigenvalue weighted by Gasteiger charge is -2.05. The molecule has 2 amide bonds. The number of para-hydroxylation sites is 1. The standard InChI is InChI=1S/C17H23N3O2/c1-4-18-17(21)19-9-11-8-13(11)12-6-5-7-14-15(12)22-16(20-14)10(2)3/h5-7,10-11,13H,4,8-9H2,1-3H3,(H2,18,19,21)/t11-,13+/m0/s1. The zero-order valence-corrected chi connectivity index (χ0v) is 13.3. The van der Waals surface area contributed by atoms with Crippen molar-refractivity contribution < 1.29 is 9.21 Å². The highest BCUT2D eigenvalue weighted by molar-refractivity contribution is 5.78. The SMILES string of the molecule is CCNC(=O)NC[C@@H]1C[C@H]1c1cccc2nc(C(C)C)oc12. The average molecular weight is 301 g/mol. The molecule has 1 fully saturated rings. The van der Waals surface area contributed by atoms with E-state index >= 15 is 0 Å². The van der Waals surface area contributed by atoms with Crippen LogP contribution in [0.2, 0.25) is 0 Å². The molecule has 3 rings (SSSR count). The average Bonchev–Trinajstić information content (AvgIpc) is 3.12. The van der Waals surface area contributed by atoms with E-state index in [1.54, 1.807) is 0 Å². The van der Waals surface area contributed by atoms with Gasteiger partial charge in [0.1, 0.15) is 5.52 Å². The van der Waals surface area contributed by atoms with Crippen LogP contribution in [0.5, 0.6) is 0 Å². The summed E-state index contributed by atoms with van der Waals surface area (Å²) in [7, 11) is 0. The van der Waals surface area contributed by atoms with Gasteiger partial charge in [0.25, 0.3) is 0 Å². The van der Waals surface area contributed by atoms with Crippen LogP contribution >= 0.6 is 0 Å². The molecule has 22 heavy (non-hydrogen) atoms. The lowest BCUT2D eigenvalue weighted by Crippen LogP contribution is -2.36. The number of nitrogens with zero attached hydrogens (tertiary/aromatic N) is 1. The molecule has 2 aromatic rings. The van der Waals surface area contributed by atoms with Crippen molar-refractivity contribution in [3.05, 3.63) is 29.7 Å². The van der Waals surface area contributed by atoms with Gasteiger partial charge >= 0.3 is 6.03 Å². The molecule has 2 atom stereocenters. The fourth-order valence-corrected chi connectivity index (χ4v) is 2.83. The molecule has 5 nitrogen and oxygen atoms in total. The zero-order chi connectivity index (χ0) is 15.7. The van der Waals surface area contributed by atoms with Crippen LogP contribution in [0, 0.1) is 5.92 Å². The molecule has 1 aromatic heterocycles. The summed E-state index contributed by atoms with van der Waals surface area (Å²) < 4.78 is 5.96. The second-order valence-electron chi connectivity index (χ2n) is 6.24. The van der Waals surface area contributed by atoms with Crippen molar-refractivity contribution in [2.24, 2.45) is 5.92 Å². The first-order chi connectivity index (χ1) is 10.6. The minimum atomic E-state index is -0.0897. The molecule has 5 heteroatoms. The molecule has 2 N–H and O–H groups in total. The third-order valence-electron chi connectivity index (χ3n) is 4.14. The van der Waals surface area contributed by atoms with Crippen LogP contribution in [0.3, 0.4) is 0 Å². The van der Waals surface area contributed by atoms with Crippen molar-refractivity contribution in [1.82, 2.24) is 15.6 Å². The molecule has 0 saturated heterocycles. The zero-order valence-electron chi connectivity index (χ0n) is 13.3. The van der Waals surface area contributed by atoms with E-state index in [0.29, 0.717) is 24.9 Å². The maximum absolute atomic E-state index is 11.5. The summed E-state index contributed by atoms with van der Waals surface area (Å²) in [5.74, 6) is 2.02. The predicted molar refractivity (Wildman–Crippen MR) is 86.0 cm³/mol. The quantitative estimate of drug-likeness (QED) is 0.889. The van der Waals surface area contributed by atoms with E-state index in [1.807, 2.05) is 19.1 Å². The predicted octanol–water partition coefficient (Wildman–Crippen LogP) is 3.37. The number of hydrogen-bond acceptors (Lipinski definition) is 3. The van der Waals surface area contributed by atoms with Crippen molar-refractivity contribution in [3.8, 4) is 0 Å². The number of rotatable bonds is 5. The van der Waals surface area contributed by atoms with Crippen molar-refractivity contribution in [2.75, 3.05) is 13.1 Å².